The first-order chi connectivity index (χ1) is 16.7. The summed E-state index contributed by atoms with van der Waals surface area (Å²) in [6.07, 6.45) is -1.10. The van der Waals surface area contributed by atoms with E-state index in [1.807, 2.05) is 0 Å². The SMILES string of the molecule is COc1ccc(NS(=O)(=O)c2ccc(C(=O)OC(C)C(=O)Nc3ccc4c(c3)OCO4)cc2)cc1. The maximum atomic E-state index is 12.6. The van der Waals surface area contributed by atoms with Crippen molar-refractivity contribution in [1.82, 2.24) is 0 Å². The van der Waals surface area contributed by atoms with Gasteiger partial charge in [0.15, 0.2) is 17.6 Å². The second kappa shape index (κ2) is 9.94. The van der Waals surface area contributed by atoms with Crippen LogP contribution in [-0.2, 0) is 19.6 Å². The molecule has 11 heteroatoms. The van der Waals surface area contributed by atoms with Gasteiger partial charge in [0, 0.05) is 17.4 Å². The highest BCUT2D eigenvalue weighted by Crippen LogP contribution is 2.34. The number of benzene rings is 3. The topological polar surface area (TPSA) is 129 Å². The predicted octanol–water partition coefficient (Wildman–Crippen LogP) is 3.41. The van der Waals surface area contributed by atoms with Crippen LogP contribution in [0.25, 0.3) is 0 Å². The number of anilines is 2. The third kappa shape index (κ3) is 5.64. The van der Waals surface area contributed by atoms with Crippen molar-refractivity contribution >= 4 is 33.3 Å². The molecule has 3 aromatic rings. The van der Waals surface area contributed by atoms with Gasteiger partial charge in [-0.3, -0.25) is 9.52 Å². The fourth-order valence-electron chi connectivity index (χ4n) is 3.14. The Morgan fingerprint density at radius 2 is 1.57 bits per heavy atom. The number of methoxy groups -OCH3 is 1. The molecule has 182 valence electrons. The van der Waals surface area contributed by atoms with Gasteiger partial charge >= 0.3 is 5.97 Å². The third-order valence-electron chi connectivity index (χ3n) is 5.04. The molecule has 0 radical (unpaired) electrons. The van der Waals surface area contributed by atoms with Crippen LogP contribution in [0.5, 0.6) is 17.2 Å². The molecule has 0 saturated heterocycles. The molecule has 35 heavy (non-hydrogen) atoms. The van der Waals surface area contributed by atoms with Gasteiger partial charge in [-0.1, -0.05) is 0 Å². The lowest BCUT2D eigenvalue weighted by Crippen LogP contribution is -2.30. The Hall–Kier alpha value is -4.25. The molecule has 1 aliphatic heterocycles. The molecule has 3 aromatic carbocycles. The first-order valence-electron chi connectivity index (χ1n) is 10.4. The van der Waals surface area contributed by atoms with Crippen LogP contribution in [0.4, 0.5) is 11.4 Å². The Labute approximate surface area is 201 Å². The number of hydrogen-bond acceptors (Lipinski definition) is 8. The van der Waals surface area contributed by atoms with Gasteiger partial charge in [-0.05, 0) is 67.6 Å². The second-order valence-electron chi connectivity index (χ2n) is 7.46. The van der Waals surface area contributed by atoms with E-state index in [2.05, 4.69) is 10.0 Å². The highest BCUT2D eigenvalue weighted by Gasteiger charge is 2.21. The van der Waals surface area contributed by atoms with Crippen LogP contribution < -0.4 is 24.2 Å². The maximum Gasteiger partial charge on any atom is 0.338 e. The molecule has 1 heterocycles. The van der Waals surface area contributed by atoms with Crippen LogP contribution in [0, 0.1) is 0 Å². The van der Waals surface area contributed by atoms with Gasteiger partial charge in [-0.25, -0.2) is 13.2 Å². The molecule has 0 saturated carbocycles. The fourth-order valence-corrected chi connectivity index (χ4v) is 4.20. The average Bonchev–Trinajstić information content (AvgIpc) is 3.32. The summed E-state index contributed by atoms with van der Waals surface area (Å²) in [5.74, 6) is 0.358. The van der Waals surface area contributed by atoms with Gasteiger partial charge in [0.2, 0.25) is 6.79 Å². The molecule has 1 atom stereocenters. The van der Waals surface area contributed by atoms with Crippen molar-refractivity contribution in [2.24, 2.45) is 0 Å². The van der Waals surface area contributed by atoms with Gasteiger partial charge in [0.25, 0.3) is 15.9 Å². The maximum absolute atomic E-state index is 12.6. The smallest absolute Gasteiger partial charge is 0.338 e. The van der Waals surface area contributed by atoms with Gasteiger partial charge in [-0.15, -0.1) is 0 Å². The largest absolute Gasteiger partial charge is 0.497 e. The summed E-state index contributed by atoms with van der Waals surface area (Å²) in [6.45, 7) is 1.54. The number of esters is 1. The van der Waals surface area contributed by atoms with Crippen molar-refractivity contribution in [1.29, 1.82) is 0 Å². The second-order valence-corrected chi connectivity index (χ2v) is 9.15. The zero-order chi connectivity index (χ0) is 25.0. The van der Waals surface area contributed by atoms with Crippen LogP contribution in [0.2, 0.25) is 0 Å². The lowest BCUT2D eigenvalue weighted by molar-refractivity contribution is -0.123. The monoisotopic (exact) mass is 498 g/mol. The molecule has 0 aromatic heterocycles. The summed E-state index contributed by atoms with van der Waals surface area (Å²) in [7, 11) is -2.36. The fraction of sp³-hybridized carbons (Fsp3) is 0.167. The lowest BCUT2D eigenvalue weighted by atomic mass is 10.2. The third-order valence-corrected chi connectivity index (χ3v) is 6.43. The van der Waals surface area contributed by atoms with Crippen molar-refractivity contribution in [3.8, 4) is 17.2 Å². The van der Waals surface area contributed by atoms with E-state index in [-0.39, 0.29) is 17.3 Å². The minimum Gasteiger partial charge on any atom is -0.497 e. The van der Waals surface area contributed by atoms with Crippen LogP contribution in [0.15, 0.2) is 71.6 Å². The first kappa shape index (κ1) is 23.9. The van der Waals surface area contributed by atoms with Crippen molar-refractivity contribution in [2.75, 3.05) is 23.9 Å². The number of fused-ring (bicyclic) bond motifs is 1. The Morgan fingerprint density at radius 1 is 0.914 bits per heavy atom. The number of amides is 1. The highest BCUT2D eigenvalue weighted by atomic mass is 32.2. The molecule has 0 bridgehead atoms. The normalized spacial score (nSPS) is 13.0. The number of hydrogen-bond donors (Lipinski definition) is 2. The van der Waals surface area contributed by atoms with Crippen LogP contribution >= 0.6 is 0 Å². The Kier molecular flexibility index (Phi) is 6.78. The molecule has 0 aliphatic carbocycles. The minimum atomic E-state index is -3.88. The van der Waals surface area contributed by atoms with Crippen molar-refractivity contribution < 1.29 is 37.0 Å². The van der Waals surface area contributed by atoms with E-state index in [0.29, 0.717) is 28.6 Å². The van der Waals surface area contributed by atoms with Gasteiger partial charge in [0.05, 0.1) is 17.6 Å². The number of sulfonamides is 1. The number of nitrogens with one attached hydrogen (secondary N) is 2. The molecular weight excluding hydrogens is 476 g/mol. The van der Waals surface area contributed by atoms with Crippen LogP contribution in [-0.4, -0.2) is 40.3 Å². The predicted molar refractivity (Wildman–Crippen MR) is 126 cm³/mol. The minimum absolute atomic E-state index is 0.0431. The van der Waals surface area contributed by atoms with Crippen molar-refractivity contribution in [3.63, 3.8) is 0 Å². The van der Waals surface area contributed by atoms with E-state index in [1.165, 1.54) is 38.3 Å². The summed E-state index contributed by atoms with van der Waals surface area (Å²) in [6, 6.07) is 16.5. The van der Waals surface area contributed by atoms with E-state index >= 15 is 0 Å². The van der Waals surface area contributed by atoms with E-state index < -0.39 is 28.0 Å². The van der Waals surface area contributed by atoms with Gasteiger partial charge < -0.3 is 24.3 Å². The molecule has 10 nitrogen and oxygen atoms in total. The summed E-state index contributed by atoms with van der Waals surface area (Å²) in [5, 5.41) is 2.64. The quantitative estimate of drug-likeness (QED) is 0.452. The highest BCUT2D eigenvalue weighted by molar-refractivity contribution is 7.92. The summed E-state index contributed by atoms with van der Waals surface area (Å²) in [5.41, 5.74) is 0.911. The Bertz CT molecular complexity index is 1340. The zero-order valence-corrected chi connectivity index (χ0v) is 19.6. The average molecular weight is 499 g/mol. The number of ether oxygens (including phenoxy) is 4. The lowest BCUT2D eigenvalue weighted by Gasteiger charge is -2.14. The van der Waals surface area contributed by atoms with E-state index in [9.17, 15) is 18.0 Å². The van der Waals surface area contributed by atoms with Gasteiger partial charge in [0.1, 0.15) is 5.75 Å². The van der Waals surface area contributed by atoms with Crippen LogP contribution in [0.3, 0.4) is 0 Å². The molecule has 1 aliphatic rings. The van der Waals surface area contributed by atoms with Crippen LogP contribution in [0.1, 0.15) is 17.3 Å². The molecule has 0 fully saturated rings. The molecule has 4 rings (SSSR count). The summed E-state index contributed by atoms with van der Waals surface area (Å²) >= 11 is 0. The number of carbonyl (C=O) groups excluding carboxylic acids is 2. The molecule has 1 amide bonds. The van der Waals surface area contributed by atoms with Crippen molar-refractivity contribution in [2.45, 2.75) is 17.9 Å². The van der Waals surface area contributed by atoms with E-state index in [1.54, 1.807) is 42.5 Å². The first-order valence-corrected chi connectivity index (χ1v) is 11.9. The molecule has 0 spiro atoms. The number of carbonyl (C=O) groups is 2. The standard InChI is InChI=1S/C24H22N2O8S/c1-15(23(27)25-18-7-12-21-22(13-18)33-14-32-21)34-24(28)16-3-10-20(11-4-16)35(29,30)26-17-5-8-19(31-2)9-6-17/h3-13,15,26H,14H2,1-2H3,(H,25,27). The molecule has 2 N–H and O–H groups in total. The molecular formula is C24H22N2O8S. The van der Waals surface area contributed by atoms with E-state index in [0.717, 1.165) is 0 Å². The summed E-state index contributed by atoms with van der Waals surface area (Å²) < 4.78 is 48.5. The number of rotatable bonds is 8. The van der Waals surface area contributed by atoms with Crippen molar-refractivity contribution in [3.05, 3.63) is 72.3 Å². The Balaban J connectivity index is 1.35. The Morgan fingerprint density at radius 3 is 2.26 bits per heavy atom. The summed E-state index contributed by atoms with van der Waals surface area (Å²) in [4.78, 5) is 24.8. The zero-order valence-electron chi connectivity index (χ0n) is 18.8. The van der Waals surface area contributed by atoms with E-state index in [4.69, 9.17) is 18.9 Å². The van der Waals surface area contributed by atoms with Gasteiger partial charge in [-0.2, -0.15) is 0 Å². The molecule has 1 unspecified atom stereocenters.